The van der Waals surface area contributed by atoms with E-state index in [1.54, 1.807) is 29.2 Å². The first-order valence-electron chi connectivity index (χ1n) is 10.1. The van der Waals surface area contributed by atoms with Crippen LogP contribution in [0.2, 0.25) is 0 Å². The minimum atomic E-state index is -2.76. The summed E-state index contributed by atoms with van der Waals surface area (Å²) in [7, 11) is 1.52. The van der Waals surface area contributed by atoms with Gasteiger partial charge in [-0.1, -0.05) is 0 Å². The minimum absolute atomic E-state index is 0.0984. The van der Waals surface area contributed by atoms with Crippen LogP contribution >= 0.6 is 0 Å². The Morgan fingerprint density at radius 3 is 2.87 bits per heavy atom. The van der Waals surface area contributed by atoms with Gasteiger partial charge in [0.1, 0.15) is 17.3 Å². The average Bonchev–Trinajstić information content (AvgIpc) is 3.15. The number of anilines is 3. The van der Waals surface area contributed by atoms with Gasteiger partial charge in [-0.15, -0.1) is 0 Å². The van der Waals surface area contributed by atoms with E-state index >= 15 is 0 Å². The van der Waals surface area contributed by atoms with Crippen molar-refractivity contribution < 1.29 is 23.1 Å². The number of carbonyl (C=O) groups excluding carboxylic acids is 2. The van der Waals surface area contributed by atoms with E-state index in [1.807, 2.05) is 0 Å². The molecule has 1 aliphatic carbocycles. The molecule has 2 aliphatic heterocycles. The molecule has 2 amide bonds. The second-order valence-electron chi connectivity index (χ2n) is 8.10. The van der Waals surface area contributed by atoms with Crippen LogP contribution in [0.5, 0.6) is 5.75 Å². The molecule has 10 heteroatoms. The quantitative estimate of drug-likeness (QED) is 0.734. The second-order valence-corrected chi connectivity index (χ2v) is 8.10. The van der Waals surface area contributed by atoms with Gasteiger partial charge < -0.3 is 9.64 Å². The number of alkyl halides is 2. The smallest absolute Gasteiger partial charge is 0.329 e. The molecule has 0 spiro atoms. The first-order valence-corrected chi connectivity index (χ1v) is 10.1. The monoisotopic (exact) mass is 429 g/mol. The molecule has 1 N–H and O–H groups in total. The van der Waals surface area contributed by atoms with Gasteiger partial charge in [0, 0.05) is 44.1 Å². The summed E-state index contributed by atoms with van der Waals surface area (Å²) in [4.78, 5) is 37.9. The number of ketones is 1. The minimum Gasteiger partial charge on any atom is -0.497 e. The van der Waals surface area contributed by atoms with Crippen molar-refractivity contribution in [2.75, 3.05) is 35.3 Å². The largest absolute Gasteiger partial charge is 0.497 e. The number of aromatic nitrogens is 2. The molecular weight excluding hydrogens is 408 g/mol. The Balaban J connectivity index is 1.42. The number of urea groups is 1. The Hall–Kier alpha value is -3.30. The van der Waals surface area contributed by atoms with Crippen molar-refractivity contribution in [2.45, 2.75) is 31.2 Å². The molecule has 3 aliphatic rings. The van der Waals surface area contributed by atoms with E-state index in [2.05, 4.69) is 20.2 Å². The Labute approximate surface area is 177 Å². The molecule has 8 nitrogen and oxygen atoms in total. The Morgan fingerprint density at radius 1 is 1.32 bits per heavy atom. The van der Waals surface area contributed by atoms with Gasteiger partial charge in [0.2, 0.25) is 0 Å². The summed E-state index contributed by atoms with van der Waals surface area (Å²) in [5.74, 6) is -2.87. The molecule has 0 aromatic carbocycles. The fourth-order valence-electron chi connectivity index (χ4n) is 4.22. The number of rotatable bonds is 5. The van der Waals surface area contributed by atoms with Gasteiger partial charge >= 0.3 is 6.03 Å². The number of amides is 2. The van der Waals surface area contributed by atoms with Crippen LogP contribution < -0.4 is 19.9 Å². The van der Waals surface area contributed by atoms with Gasteiger partial charge in [0.25, 0.3) is 5.92 Å². The number of hydrogen-bond donors (Lipinski definition) is 1. The lowest BCUT2D eigenvalue weighted by Crippen LogP contribution is -2.48. The van der Waals surface area contributed by atoms with Gasteiger partial charge in [-0.05, 0) is 24.6 Å². The number of nitrogens with zero attached hydrogens (tertiary/aromatic N) is 4. The van der Waals surface area contributed by atoms with Crippen LogP contribution in [0.4, 0.5) is 30.9 Å². The van der Waals surface area contributed by atoms with Crippen LogP contribution in [0.3, 0.4) is 0 Å². The van der Waals surface area contributed by atoms with E-state index in [4.69, 9.17) is 4.74 Å². The molecule has 2 atom stereocenters. The SMILES string of the molecule is COc1ccnc(NC(=O)N2c3nc(C(=O)C[C@@H]4CC4(F)F)ccc3N3CC[C@H]2C3)c1. The topological polar surface area (TPSA) is 87.7 Å². The molecule has 1 saturated heterocycles. The molecule has 0 radical (unpaired) electrons. The van der Waals surface area contributed by atoms with Crippen molar-refractivity contribution in [1.82, 2.24) is 9.97 Å². The van der Waals surface area contributed by atoms with Crippen LogP contribution in [0.15, 0.2) is 30.5 Å². The van der Waals surface area contributed by atoms with Gasteiger partial charge in [0.05, 0.1) is 18.8 Å². The van der Waals surface area contributed by atoms with Gasteiger partial charge in [-0.25, -0.2) is 23.5 Å². The maximum absolute atomic E-state index is 13.2. The number of ether oxygens (including phenoxy) is 1. The molecule has 1 saturated carbocycles. The maximum Gasteiger partial charge on any atom is 0.329 e. The molecule has 4 heterocycles. The molecular formula is C21H21F2N5O3. The number of nitrogens with one attached hydrogen (secondary N) is 1. The summed E-state index contributed by atoms with van der Waals surface area (Å²) in [5, 5.41) is 2.76. The third-order valence-electron chi connectivity index (χ3n) is 6.05. The molecule has 5 rings (SSSR count). The highest BCUT2D eigenvalue weighted by molar-refractivity contribution is 6.05. The highest BCUT2D eigenvalue weighted by atomic mass is 19.3. The summed E-state index contributed by atoms with van der Waals surface area (Å²) >= 11 is 0. The second kappa shape index (κ2) is 7.14. The first kappa shape index (κ1) is 19.7. The number of methoxy groups -OCH3 is 1. The lowest BCUT2D eigenvalue weighted by Gasteiger charge is -2.35. The number of pyridine rings is 2. The molecule has 31 heavy (non-hydrogen) atoms. The van der Waals surface area contributed by atoms with Crippen molar-refractivity contribution in [3.8, 4) is 5.75 Å². The number of hydrogen-bond acceptors (Lipinski definition) is 6. The molecule has 2 bridgehead atoms. The molecule has 0 unspecified atom stereocenters. The summed E-state index contributed by atoms with van der Waals surface area (Å²) in [6.45, 7) is 1.43. The Morgan fingerprint density at radius 2 is 2.13 bits per heavy atom. The highest BCUT2D eigenvalue weighted by Gasteiger charge is 2.57. The Kier molecular flexibility index (Phi) is 4.53. The fraction of sp³-hybridized carbons (Fsp3) is 0.429. The first-order chi connectivity index (χ1) is 14.9. The van der Waals surface area contributed by atoms with Crippen LogP contribution in [-0.2, 0) is 0 Å². The van der Waals surface area contributed by atoms with E-state index in [0.717, 1.165) is 18.7 Å². The van der Waals surface area contributed by atoms with E-state index < -0.39 is 23.7 Å². The summed E-state index contributed by atoms with van der Waals surface area (Å²) in [5.41, 5.74) is 0.844. The molecule has 2 aromatic heterocycles. The van der Waals surface area contributed by atoms with Crippen molar-refractivity contribution in [2.24, 2.45) is 5.92 Å². The van der Waals surface area contributed by atoms with Crippen LogP contribution in [-0.4, -0.2) is 53.9 Å². The van der Waals surface area contributed by atoms with E-state index in [0.29, 0.717) is 23.9 Å². The van der Waals surface area contributed by atoms with Crippen LogP contribution in [0.1, 0.15) is 29.8 Å². The van der Waals surface area contributed by atoms with Crippen molar-refractivity contribution in [3.63, 3.8) is 0 Å². The molecule has 162 valence electrons. The average molecular weight is 429 g/mol. The predicted molar refractivity (Wildman–Crippen MR) is 109 cm³/mol. The lowest BCUT2D eigenvalue weighted by molar-refractivity contribution is 0.0830. The molecule has 2 fully saturated rings. The third-order valence-corrected chi connectivity index (χ3v) is 6.05. The maximum atomic E-state index is 13.2. The van der Waals surface area contributed by atoms with Crippen molar-refractivity contribution in [3.05, 3.63) is 36.2 Å². The lowest BCUT2D eigenvalue weighted by atomic mass is 10.1. The number of carbonyl (C=O) groups is 2. The van der Waals surface area contributed by atoms with Crippen molar-refractivity contribution in [1.29, 1.82) is 0 Å². The zero-order valence-electron chi connectivity index (χ0n) is 16.8. The van der Waals surface area contributed by atoms with Gasteiger partial charge in [-0.2, -0.15) is 0 Å². The standard InChI is InChI=1S/C21H21F2N5O3/c1-31-14-4-6-24-18(9-14)26-20(30)28-13-5-7-27(11-13)16-3-2-15(25-19(16)28)17(29)8-12-10-21(12,22)23/h2-4,6,9,12-13H,5,7-8,10-11H2,1H3,(H,24,26,30)/t12-,13+/m1/s1. The number of Topliss-reactive ketones (excluding diaryl/α,β-unsaturated/α-hetero) is 1. The fourth-order valence-corrected chi connectivity index (χ4v) is 4.22. The predicted octanol–water partition coefficient (Wildman–Crippen LogP) is 3.34. The number of halogens is 2. The zero-order valence-corrected chi connectivity index (χ0v) is 16.8. The Bertz CT molecular complexity index is 1060. The summed E-state index contributed by atoms with van der Waals surface area (Å²) in [6, 6.07) is 6.05. The van der Waals surface area contributed by atoms with Crippen molar-refractivity contribution >= 4 is 29.1 Å². The number of fused-ring (bicyclic) bond motifs is 4. The van der Waals surface area contributed by atoms with Crippen LogP contribution in [0, 0.1) is 5.92 Å². The van der Waals surface area contributed by atoms with Crippen LogP contribution in [0.25, 0.3) is 0 Å². The van der Waals surface area contributed by atoms with Gasteiger partial charge in [0.15, 0.2) is 11.6 Å². The highest BCUT2D eigenvalue weighted by Crippen LogP contribution is 2.51. The third kappa shape index (κ3) is 3.55. The summed E-state index contributed by atoms with van der Waals surface area (Å²) in [6.07, 6.45) is 1.78. The van der Waals surface area contributed by atoms with E-state index in [1.165, 1.54) is 13.3 Å². The zero-order chi connectivity index (χ0) is 21.8. The van der Waals surface area contributed by atoms with Gasteiger partial charge in [-0.3, -0.25) is 15.0 Å². The normalized spacial score (nSPS) is 22.7. The van der Waals surface area contributed by atoms with E-state index in [-0.39, 0.29) is 24.6 Å². The van der Waals surface area contributed by atoms with E-state index in [9.17, 15) is 18.4 Å². The summed E-state index contributed by atoms with van der Waals surface area (Å²) < 4.78 is 31.6. The molecule has 2 aromatic rings.